The summed E-state index contributed by atoms with van der Waals surface area (Å²) < 4.78 is 23.2. The van der Waals surface area contributed by atoms with Gasteiger partial charge in [0, 0.05) is 16.9 Å². The van der Waals surface area contributed by atoms with E-state index in [-0.39, 0.29) is 11.1 Å². The van der Waals surface area contributed by atoms with Gasteiger partial charge in [0.05, 0.1) is 11.0 Å². The smallest absolute Gasteiger partial charge is 0.351 e. The second-order valence-electron chi connectivity index (χ2n) is 10.8. The van der Waals surface area contributed by atoms with Crippen molar-refractivity contribution in [3.63, 3.8) is 0 Å². The molecule has 2 aromatic rings. The lowest BCUT2D eigenvalue weighted by atomic mass is 9.66. The van der Waals surface area contributed by atoms with Gasteiger partial charge in [0.1, 0.15) is 23.0 Å². The maximum absolute atomic E-state index is 13.7. The first kappa shape index (κ1) is 21.9. The van der Waals surface area contributed by atoms with Gasteiger partial charge >= 0.3 is 17.6 Å². The van der Waals surface area contributed by atoms with Crippen molar-refractivity contribution in [1.29, 1.82) is 0 Å². The number of esters is 2. The average Bonchev–Trinajstić information content (AvgIpc) is 3.01. The molecular weight excluding hydrogens is 428 g/mol. The molecule has 4 atom stereocenters. The number of fused-ring (bicyclic) bond motifs is 5. The highest BCUT2D eigenvalue weighted by molar-refractivity contribution is 5.94. The summed E-state index contributed by atoms with van der Waals surface area (Å²) in [6.45, 7) is 10.6. The van der Waals surface area contributed by atoms with Crippen LogP contribution in [0.25, 0.3) is 11.0 Å². The maximum Gasteiger partial charge on any atom is 0.351 e. The molecule has 0 radical (unpaired) electrons. The van der Waals surface area contributed by atoms with Crippen LogP contribution in [0.2, 0.25) is 0 Å². The molecule has 3 aliphatic rings. The molecule has 2 aliphatic heterocycles. The predicted octanol–water partition coefficient (Wildman–Crippen LogP) is 3.34. The third-order valence-electron chi connectivity index (χ3n) is 8.42. The molecule has 2 fully saturated rings. The minimum absolute atomic E-state index is 0.196. The normalized spacial score (nSPS) is 33.4. The molecule has 1 saturated heterocycles. The Morgan fingerprint density at radius 1 is 1.09 bits per heavy atom. The quantitative estimate of drug-likeness (QED) is 0.541. The van der Waals surface area contributed by atoms with Crippen LogP contribution in [0.1, 0.15) is 64.7 Å². The second kappa shape index (κ2) is 6.38. The monoisotopic (exact) mass is 456 g/mol. The Morgan fingerprint density at radius 3 is 2.39 bits per heavy atom. The van der Waals surface area contributed by atoms with Gasteiger partial charge in [0.2, 0.25) is 5.60 Å². The zero-order valence-corrected chi connectivity index (χ0v) is 19.6. The van der Waals surface area contributed by atoms with Gasteiger partial charge in [-0.2, -0.15) is 0 Å². The molecule has 0 spiro atoms. The van der Waals surface area contributed by atoms with Crippen molar-refractivity contribution < 1.29 is 33.3 Å². The number of ether oxygens (including phenoxy) is 3. The third-order valence-corrected chi connectivity index (χ3v) is 8.42. The number of carbonyl (C=O) groups is 2. The summed E-state index contributed by atoms with van der Waals surface area (Å²) >= 11 is 0. The lowest BCUT2D eigenvalue weighted by Gasteiger charge is -2.43. The van der Waals surface area contributed by atoms with Gasteiger partial charge < -0.3 is 23.7 Å². The fourth-order valence-corrected chi connectivity index (χ4v) is 5.65. The molecule has 2 unspecified atom stereocenters. The number of rotatable bonds is 2. The van der Waals surface area contributed by atoms with Gasteiger partial charge in [-0.15, -0.1) is 0 Å². The second-order valence-corrected chi connectivity index (χ2v) is 10.8. The predicted molar refractivity (Wildman–Crippen MR) is 117 cm³/mol. The highest BCUT2D eigenvalue weighted by atomic mass is 16.6. The van der Waals surface area contributed by atoms with E-state index in [2.05, 4.69) is 0 Å². The van der Waals surface area contributed by atoms with Gasteiger partial charge in [-0.05, 0) is 58.2 Å². The topological polar surface area (TPSA) is 112 Å². The van der Waals surface area contributed by atoms with Crippen molar-refractivity contribution in [3.8, 4) is 5.75 Å². The Hall–Kier alpha value is -2.87. The van der Waals surface area contributed by atoms with Crippen molar-refractivity contribution in [3.05, 3.63) is 39.7 Å². The van der Waals surface area contributed by atoms with Crippen LogP contribution in [0.4, 0.5) is 0 Å². The summed E-state index contributed by atoms with van der Waals surface area (Å²) in [5.74, 6) is -0.793. The molecule has 1 aromatic carbocycles. The number of carbonyl (C=O) groups excluding carboxylic acids is 2. The van der Waals surface area contributed by atoms with Gasteiger partial charge in [0.15, 0.2) is 6.10 Å². The van der Waals surface area contributed by atoms with Crippen LogP contribution in [-0.4, -0.2) is 34.4 Å². The van der Waals surface area contributed by atoms with E-state index in [1.54, 1.807) is 32.9 Å². The van der Waals surface area contributed by atoms with Gasteiger partial charge in [-0.1, -0.05) is 13.8 Å². The number of hydrogen-bond donors (Lipinski definition) is 1. The van der Waals surface area contributed by atoms with E-state index < -0.39 is 51.8 Å². The molecule has 1 saturated carbocycles. The molecule has 1 aromatic heterocycles. The van der Waals surface area contributed by atoms with Crippen molar-refractivity contribution >= 4 is 22.9 Å². The summed E-state index contributed by atoms with van der Waals surface area (Å²) in [6, 6.07) is 4.85. The van der Waals surface area contributed by atoms with Crippen LogP contribution in [0.3, 0.4) is 0 Å². The summed E-state index contributed by atoms with van der Waals surface area (Å²) in [5.41, 5.74) is -3.55. The lowest BCUT2D eigenvalue weighted by molar-refractivity contribution is -0.199. The number of benzene rings is 1. The Kier molecular flexibility index (Phi) is 4.24. The molecule has 8 heteroatoms. The summed E-state index contributed by atoms with van der Waals surface area (Å²) in [7, 11) is 0. The number of aliphatic hydroxyl groups is 1. The Morgan fingerprint density at radius 2 is 1.79 bits per heavy atom. The minimum Gasteiger partial charge on any atom is -0.484 e. The molecule has 8 nitrogen and oxygen atoms in total. The Balaban J connectivity index is 1.65. The number of hydrogen-bond acceptors (Lipinski definition) is 8. The maximum atomic E-state index is 13.7. The lowest BCUT2D eigenvalue weighted by Crippen LogP contribution is -2.53. The molecule has 0 amide bonds. The first-order valence-electron chi connectivity index (χ1n) is 11.1. The fraction of sp³-hybridized carbons (Fsp3) is 0.560. The third kappa shape index (κ3) is 2.58. The standard InChI is InChI=1S/C25H28O8/c1-12-11-15(26)30-17-13(12)7-8-14-16(17)18(19(27)22(2,3)32-14)31-21(29)25-10-9-24(6,20(28)33-25)23(25,4)5/h7-8,11,18-19,27H,9-10H2,1-6H3/t18-,19-,24?,25?/m1/s1. The van der Waals surface area contributed by atoms with Crippen LogP contribution in [0.15, 0.2) is 27.4 Å². The van der Waals surface area contributed by atoms with E-state index >= 15 is 0 Å². The van der Waals surface area contributed by atoms with Crippen molar-refractivity contribution in [2.75, 3.05) is 0 Å². The number of aliphatic hydroxyl groups excluding tert-OH is 1. The van der Waals surface area contributed by atoms with E-state index in [9.17, 15) is 19.5 Å². The van der Waals surface area contributed by atoms with E-state index in [4.69, 9.17) is 18.6 Å². The SMILES string of the molecule is Cc1cc(=O)oc2c3c(ccc12)OC(C)(C)[C@H](O)[C@@H]3OC(=O)C12CCC(C)(C(=O)O1)C2(C)C. The molecule has 2 bridgehead atoms. The summed E-state index contributed by atoms with van der Waals surface area (Å²) in [6.07, 6.45) is -1.63. The van der Waals surface area contributed by atoms with E-state index in [0.717, 1.165) is 0 Å². The fourth-order valence-electron chi connectivity index (χ4n) is 5.65. The highest BCUT2D eigenvalue weighted by Crippen LogP contribution is 2.66. The van der Waals surface area contributed by atoms with Crippen LogP contribution in [-0.2, 0) is 19.1 Å². The van der Waals surface area contributed by atoms with Crippen molar-refractivity contribution in [2.45, 2.75) is 77.8 Å². The zero-order chi connectivity index (χ0) is 24.1. The summed E-state index contributed by atoms with van der Waals surface area (Å²) in [4.78, 5) is 38.5. The van der Waals surface area contributed by atoms with E-state index in [0.29, 0.717) is 29.5 Å². The Labute approximate surface area is 190 Å². The molecule has 5 rings (SSSR count). The first-order chi connectivity index (χ1) is 15.2. The van der Waals surface area contributed by atoms with Crippen LogP contribution < -0.4 is 10.4 Å². The van der Waals surface area contributed by atoms with Gasteiger partial charge in [0.25, 0.3) is 0 Å². The minimum atomic E-state index is -1.46. The largest absolute Gasteiger partial charge is 0.484 e. The van der Waals surface area contributed by atoms with Crippen LogP contribution in [0, 0.1) is 17.8 Å². The van der Waals surface area contributed by atoms with Crippen LogP contribution >= 0.6 is 0 Å². The van der Waals surface area contributed by atoms with Crippen molar-refractivity contribution in [1.82, 2.24) is 0 Å². The highest BCUT2D eigenvalue weighted by Gasteiger charge is 2.76. The molecule has 1 aliphatic carbocycles. The molecule has 3 heterocycles. The van der Waals surface area contributed by atoms with E-state index in [1.165, 1.54) is 6.07 Å². The van der Waals surface area contributed by atoms with Gasteiger partial charge in [-0.3, -0.25) is 4.79 Å². The molecule has 176 valence electrons. The van der Waals surface area contributed by atoms with Crippen molar-refractivity contribution in [2.24, 2.45) is 10.8 Å². The molecular formula is C25H28O8. The average molecular weight is 456 g/mol. The van der Waals surface area contributed by atoms with E-state index in [1.807, 2.05) is 20.8 Å². The Bertz CT molecular complexity index is 1270. The van der Waals surface area contributed by atoms with Crippen LogP contribution in [0.5, 0.6) is 5.75 Å². The molecule has 33 heavy (non-hydrogen) atoms. The zero-order valence-electron chi connectivity index (χ0n) is 19.6. The molecule has 1 N–H and O–H groups in total. The number of aryl methyl sites for hydroxylation is 1. The van der Waals surface area contributed by atoms with Gasteiger partial charge in [-0.25, -0.2) is 9.59 Å². The summed E-state index contributed by atoms with van der Waals surface area (Å²) in [5, 5.41) is 11.8. The first-order valence-corrected chi connectivity index (χ1v) is 11.1.